The van der Waals surface area contributed by atoms with Gasteiger partial charge in [0.1, 0.15) is 11.6 Å². The molecule has 0 atom stereocenters. The fraction of sp³-hybridized carbons (Fsp3) is 0.344. The monoisotopic (exact) mass is 555 g/mol. The van der Waals surface area contributed by atoms with Gasteiger partial charge in [0, 0.05) is 50.5 Å². The first-order valence-corrected chi connectivity index (χ1v) is 14.9. The molecule has 1 aromatic heterocycles. The second-order valence-electron chi connectivity index (χ2n) is 10.1. The minimum absolute atomic E-state index is 0.248. The van der Waals surface area contributed by atoms with Crippen LogP contribution in [0.1, 0.15) is 36.2 Å². The number of amides is 1. The highest BCUT2D eigenvalue weighted by molar-refractivity contribution is 7.99. The van der Waals surface area contributed by atoms with Crippen LogP contribution in [0, 0.1) is 6.92 Å². The number of unbranched alkanes of at least 4 members (excludes halogenated alkanes) is 1. The van der Waals surface area contributed by atoms with E-state index in [2.05, 4.69) is 81.2 Å². The van der Waals surface area contributed by atoms with Gasteiger partial charge in [0.05, 0.1) is 12.8 Å². The van der Waals surface area contributed by atoms with Gasteiger partial charge in [0.25, 0.3) is 0 Å². The van der Waals surface area contributed by atoms with Gasteiger partial charge in [-0.1, -0.05) is 71.9 Å². The molecule has 1 amide bonds. The van der Waals surface area contributed by atoms with Crippen molar-refractivity contribution in [1.29, 1.82) is 0 Å². The molecule has 1 aliphatic heterocycles. The molecule has 0 radical (unpaired) electrons. The number of hydrogen-bond acceptors (Lipinski definition) is 6. The normalized spacial score (nSPS) is 13.4. The number of methoxy groups -OCH3 is 1. The number of rotatable bonds is 11. The van der Waals surface area contributed by atoms with Crippen LogP contribution in [-0.4, -0.2) is 64.6 Å². The highest BCUT2D eigenvalue weighted by Gasteiger charge is 2.22. The molecular weight excluding hydrogens is 518 g/mol. The number of thioether (sulfide) groups is 1. The molecule has 0 unspecified atom stereocenters. The fourth-order valence-electron chi connectivity index (χ4n) is 5.03. The molecule has 1 saturated heterocycles. The smallest absolute Gasteiger partial charge is 0.222 e. The van der Waals surface area contributed by atoms with Gasteiger partial charge < -0.3 is 14.5 Å². The van der Waals surface area contributed by atoms with Crippen LogP contribution in [0.5, 0.6) is 5.75 Å². The molecule has 7 nitrogen and oxygen atoms in total. The van der Waals surface area contributed by atoms with Crippen molar-refractivity contribution in [3.05, 3.63) is 95.8 Å². The van der Waals surface area contributed by atoms with Crippen molar-refractivity contribution in [2.75, 3.05) is 43.9 Å². The summed E-state index contributed by atoms with van der Waals surface area (Å²) < 4.78 is 7.68. The summed E-state index contributed by atoms with van der Waals surface area (Å²) in [5.41, 5.74) is 4.61. The maximum atomic E-state index is 12.9. The number of piperazine rings is 1. The van der Waals surface area contributed by atoms with E-state index in [9.17, 15) is 4.79 Å². The molecular formula is C32H37N5O2S. The summed E-state index contributed by atoms with van der Waals surface area (Å²) in [6.07, 6.45) is 3.13. The Kier molecular flexibility index (Phi) is 9.39. The topological polar surface area (TPSA) is 63.5 Å². The van der Waals surface area contributed by atoms with E-state index in [4.69, 9.17) is 4.74 Å². The van der Waals surface area contributed by atoms with Crippen molar-refractivity contribution in [1.82, 2.24) is 19.7 Å². The average Bonchev–Trinajstić information content (AvgIpc) is 3.39. The van der Waals surface area contributed by atoms with Crippen LogP contribution in [0.3, 0.4) is 0 Å². The van der Waals surface area contributed by atoms with Crippen LogP contribution in [0.4, 0.5) is 5.69 Å². The Morgan fingerprint density at radius 3 is 2.35 bits per heavy atom. The lowest BCUT2D eigenvalue weighted by Gasteiger charge is -2.36. The molecule has 8 heteroatoms. The van der Waals surface area contributed by atoms with Gasteiger partial charge in [-0.15, -0.1) is 10.2 Å². The molecule has 1 fully saturated rings. The van der Waals surface area contributed by atoms with Crippen molar-refractivity contribution >= 4 is 23.4 Å². The molecule has 3 aromatic carbocycles. The van der Waals surface area contributed by atoms with Crippen LogP contribution >= 0.6 is 11.8 Å². The zero-order valence-electron chi connectivity index (χ0n) is 23.3. The molecule has 40 heavy (non-hydrogen) atoms. The van der Waals surface area contributed by atoms with E-state index in [0.29, 0.717) is 6.42 Å². The molecule has 0 aliphatic carbocycles. The summed E-state index contributed by atoms with van der Waals surface area (Å²) in [6, 6.07) is 27.0. The maximum absolute atomic E-state index is 12.9. The molecule has 0 N–H and O–H groups in total. The lowest BCUT2D eigenvalue weighted by atomic mass is 10.1. The molecule has 1 aliphatic rings. The zero-order valence-corrected chi connectivity index (χ0v) is 24.1. The SMILES string of the molecule is COc1ccccc1N1CCN(C(=O)CCCCSc2nnc(Cc3ccccc3)n2-c2ccc(C)cc2)CC1. The second kappa shape index (κ2) is 13.5. The number of carbonyl (C=O) groups excluding carboxylic acids is 1. The number of para-hydroxylation sites is 2. The van der Waals surface area contributed by atoms with Crippen LogP contribution in [0.15, 0.2) is 84.0 Å². The maximum Gasteiger partial charge on any atom is 0.222 e. The van der Waals surface area contributed by atoms with Gasteiger partial charge in [0.15, 0.2) is 5.16 Å². The van der Waals surface area contributed by atoms with Crippen molar-refractivity contribution in [3.63, 3.8) is 0 Å². The van der Waals surface area contributed by atoms with Crippen LogP contribution in [0.2, 0.25) is 0 Å². The molecule has 0 bridgehead atoms. The van der Waals surface area contributed by atoms with Crippen molar-refractivity contribution in [2.45, 2.75) is 37.8 Å². The van der Waals surface area contributed by atoms with Gasteiger partial charge in [-0.2, -0.15) is 0 Å². The van der Waals surface area contributed by atoms with E-state index in [1.807, 2.05) is 29.2 Å². The van der Waals surface area contributed by atoms with E-state index >= 15 is 0 Å². The third-order valence-electron chi connectivity index (χ3n) is 7.27. The number of aryl methyl sites for hydroxylation is 1. The van der Waals surface area contributed by atoms with Gasteiger partial charge in [-0.3, -0.25) is 9.36 Å². The highest BCUT2D eigenvalue weighted by Crippen LogP contribution is 2.29. The largest absolute Gasteiger partial charge is 0.495 e. The number of benzene rings is 3. The summed E-state index contributed by atoms with van der Waals surface area (Å²) in [4.78, 5) is 17.2. The Morgan fingerprint density at radius 2 is 1.60 bits per heavy atom. The first kappa shape index (κ1) is 27.8. The van der Waals surface area contributed by atoms with E-state index < -0.39 is 0 Å². The summed E-state index contributed by atoms with van der Waals surface area (Å²) in [5, 5.41) is 10.0. The molecule has 0 spiro atoms. The lowest BCUT2D eigenvalue weighted by molar-refractivity contribution is -0.131. The number of hydrogen-bond donors (Lipinski definition) is 0. The Hall–Kier alpha value is -3.78. The Balaban J connectivity index is 1.12. The number of nitrogens with zero attached hydrogens (tertiary/aromatic N) is 5. The Labute approximate surface area is 241 Å². The van der Waals surface area contributed by atoms with E-state index in [0.717, 1.165) is 79.3 Å². The molecule has 0 saturated carbocycles. The third-order valence-corrected chi connectivity index (χ3v) is 8.29. The Morgan fingerprint density at radius 1 is 0.875 bits per heavy atom. The number of anilines is 1. The van der Waals surface area contributed by atoms with E-state index in [1.54, 1.807) is 18.9 Å². The van der Waals surface area contributed by atoms with Crippen molar-refractivity contribution in [2.24, 2.45) is 0 Å². The number of carbonyl (C=O) groups is 1. The standard InChI is InChI=1S/C32H37N5O2S/c1-25-15-17-27(18-16-25)37-30(24-26-10-4-3-5-11-26)33-34-32(37)40-23-9-8-14-31(38)36-21-19-35(20-22-36)28-12-6-7-13-29(28)39-2/h3-7,10-13,15-18H,8-9,14,19-24H2,1-2H3. The predicted octanol–water partition coefficient (Wildman–Crippen LogP) is 5.79. The van der Waals surface area contributed by atoms with Crippen molar-refractivity contribution in [3.8, 4) is 11.4 Å². The second-order valence-corrected chi connectivity index (χ2v) is 11.1. The van der Waals surface area contributed by atoms with Gasteiger partial charge in [-0.25, -0.2) is 0 Å². The average molecular weight is 556 g/mol. The highest BCUT2D eigenvalue weighted by atomic mass is 32.2. The molecule has 4 aromatic rings. The third kappa shape index (κ3) is 6.86. The first-order valence-electron chi connectivity index (χ1n) is 14.0. The minimum atomic E-state index is 0.248. The lowest BCUT2D eigenvalue weighted by Crippen LogP contribution is -2.48. The number of ether oxygens (including phenoxy) is 1. The van der Waals surface area contributed by atoms with E-state index in [-0.39, 0.29) is 5.91 Å². The summed E-state index contributed by atoms with van der Waals surface area (Å²) in [5.74, 6) is 2.95. The fourth-order valence-corrected chi connectivity index (χ4v) is 6.00. The number of aromatic nitrogens is 3. The van der Waals surface area contributed by atoms with E-state index in [1.165, 1.54) is 11.1 Å². The van der Waals surface area contributed by atoms with Gasteiger partial charge in [0.2, 0.25) is 5.91 Å². The summed E-state index contributed by atoms with van der Waals surface area (Å²) in [6.45, 7) is 5.23. The Bertz CT molecular complexity index is 1380. The molecule has 5 rings (SSSR count). The van der Waals surface area contributed by atoms with Crippen LogP contribution < -0.4 is 9.64 Å². The molecule has 2 heterocycles. The van der Waals surface area contributed by atoms with Gasteiger partial charge >= 0.3 is 0 Å². The van der Waals surface area contributed by atoms with Crippen molar-refractivity contribution < 1.29 is 9.53 Å². The molecule has 208 valence electrons. The zero-order chi connectivity index (χ0) is 27.7. The predicted molar refractivity (Wildman–Crippen MR) is 162 cm³/mol. The van der Waals surface area contributed by atoms with Gasteiger partial charge in [-0.05, 0) is 49.6 Å². The van der Waals surface area contributed by atoms with Crippen LogP contribution in [-0.2, 0) is 11.2 Å². The minimum Gasteiger partial charge on any atom is -0.495 e. The quantitative estimate of drug-likeness (QED) is 0.173. The summed E-state index contributed by atoms with van der Waals surface area (Å²) in [7, 11) is 1.70. The van der Waals surface area contributed by atoms with Crippen LogP contribution in [0.25, 0.3) is 5.69 Å². The first-order chi connectivity index (χ1) is 19.6. The summed E-state index contributed by atoms with van der Waals surface area (Å²) >= 11 is 1.71.